The molecular weight excluding hydrogens is 298 g/mol. The fourth-order valence-electron chi connectivity index (χ4n) is 2.12. The molecule has 3 rings (SSSR count). The number of ether oxygens (including phenoxy) is 2. The van der Waals surface area contributed by atoms with Gasteiger partial charge in [-0.15, -0.1) is 0 Å². The van der Waals surface area contributed by atoms with Gasteiger partial charge >= 0.3 is 0 Å². The summed E-state index contributed by atoms with van der Waals surface area (Å²) in [4.78, 5) is 27.3. The molecule has 1 aromatic heterocycles. The van der Waals surface area contributed by atoms with E-state index in [9.17, 15) is 9.59 Å². The average Bonchev–Trinajstić information content (AvgIpc) is 2.55. The summed E-state index contributed by atoms with van der Waals surface area (Å²) in [6.07, 6.45) is 1.47. The highest BCUT2D eigenvalue weighted by atomic mass is 16.6. The van der Waals surface area contributed by atoms with E-state index in [1.165, 1.54) is 13.1 Å². The molecule has 0 saturated carbocycles. The van der Waals surface area contributed by atoms with Gasteiger partial charge in [0.05, 0.1) is 11.9 Å². The first-order valence-electron chi connectivity index (χ1n) is 7.06. The molecule has 23 heavy (non-hydrogen) atoms. The number of carbonyl (C=O) groups excluding carboxylic acids is 2. The first kappa shape index (κ1) is 14.8. The van der Waals surface area contributed by atoms with E-state index >= 15 is 0 Å². The Morgan fingerprint density at radius 1 is 1.04 bits per heavy atom. The van der Waals surface area contributed by atoms with E-state index in [0.29, 0.717) is 41.8 Å². The molecule has 1 aliphatic rings. The lowest BCUT2D eigenvalue weighted by atomic mass is 10.2. The van der Waals surface area contributed by atoms with Crippen molar-refractivity contribution >= 4 is 23.3 Å². The molecule has 2 N–H and O–H groups in total. The molecule has 0 unspecified atom stereocenters. The molecule has 2 amide bonds. The Balaban J connectivity index is 1.70. The van der Waals surface area contributed by atoms with Gasteiger partial charge < -0.3 is 20.1 Å². The summed E-state index contributed by atoms with van der Waals surface area (Å²) in [6.45, 7) is 2.38. The van der Waals surface area contributed by atoms with Gasteiger partial charge in [-0.2, -0.15) is 0 Å². The molecule has 0 saturated heterocycles. The van der Waals surface area contributed by atoms with E-state index in [4.69, 9.17) is 9.47 Å². The number of anilines is 2. The number of pyridine rings is 1. The summed E-state index contributed by atoms with van der Waals surface area (Å²) in [5.74, 6) is 1.09. The van der Waals surface area contributed by atoms with Crippen molar-refractivity contribution in [1.82, 2.24) is 4.98 Å². The molecule has 0 bridgehead atoms. The minimum absolute atomic E-state index is 0.181. The Labute approximate surface area is 132 Å². The molecular formula is C16H15N3O4. The average molecular weight is 313 g/mol. The van der Waals surface area contributed by atoms with Crippen LogP contribution in [-0.4, -0.2) is 30.0 Å². The smallest absolute Gasteiger partial charge is 0.256 e. The molecule has 0 fully saturated rings. The van der Waals surface area contributed by atoms with Gasteiger partial charge in [-0.3, -0.25) is 9.59 Å². The van der Waals surface area contributed by atoms with Crippen LogP contribution in [0.15, 0.2) is 36.5 Å². The largest absolute Gasteiger partial charge is 0.486 e. The number of nitrogens with zero attached hydrogens (tertiary/aromatic N) is 1. The zero-order chi connectivity index (χ0) is 16.2. The Bertz CT molecular complexity index is 743. The van der Waals surface area contributed by atoms with Gasteiger partial charge in [-0.1, -0.05) is 0 Å². The summed E-state index contributed by atoms with van der Waals surface area (Å²) in [7, 11) is 0. The van der Waals surface area contributed by atoms with Crippen molar-refractivity contribution in [2.75, 3.05) is 23.8 Å². The molecule has 118 valence electrons. The third kappa shape index (κ3) is 3.57. The first-order chi connectivity index (χ1) is 11.1. The second-order valence-corrected chi connectivity index (χ2v) is 4.93. The lowest BCUT2D eigenvalue weighted by Crippen LogP contribution is -2.17. The number of carbonyl (C=O) groups is 2. The first-order valence-corrected chi connectivity index (χ1v) is 7.06. The van der Waals surface area contributed by atoms with Crippen molar-refractivity contribution < 1.29 is 19.1 Å². The molecule has 1 aliphatic heterocycles. The van der Waals surface area contributed by atoms with Gasteiger partial charge in [0.2, 0.25) is 5.91 Å². The molecule has 7 nitrogen and oxygen atoms in total. The number of fused-ring (bicyclic) bond motifs is 1. The molecule has 0 atom stereocenters. The van der Waals surface area contributed by atoms with Crippen LogP contribution >= 0.6 is 0 Å². The van der Waals surface area contributed by atoms with Crippen LogP contribution in [0, 0.1) is 0 Å². The van der Waals surface area contributed by atoms with Gasteiger partial charge in [0, 0.05) is 12.5 Å². The maximum atomic E-state index is 12.2. The monoisotopic (exact) mass is 313 g/mol. The van der Waals surface area contributed by atoms with Gasteiger partial charge in [0.15, 0.2) is 11.5 Å². The summed E-state index contributed by atoms with van der Waals surface area (Å²) in [6, 6.07) is 8.27. The van der Waals surface area contributed by atoms with E-state index in [-0.39, 0.29) is 11.8 Å². The van der Waals surface area contributed by atoms with E-state index in [0.717, 1.165) is 0 Å². The number of hydrogen-bond donors (Lipinski definition) is 2. The van der Waals surface area contributed by atoms with Crippen LogP contribution in [0.4, 0.5) is 11.5 Å². The molecule has 7 heteroatoms. The predicted octanol–water partition coefficient (Wildman–Crippen LogP) is 2.06. The van der Waals surface area contributed by atoms with E-state index in [1.54, 1.807) is 30.3 Å². The van der Waals surface area contributed by atoms with Crippen molar-refractivity contribution in [3.05, 3.63) is 42.1 Å². The van der Waals surface area contributed by atoms with Crippen LogP contribution in [0.25, 0.3) is 0 Å². The maximum absolute atomic E-state index is 12.2. The van der Waals surface area contributed by atoms with Crippen LogP contribution in [0.1, 0.15) is 17.3 Å². The predicted molar refractivity (Wildman–Crippen MR) is 83.9 cm³/mol. The second kappa shape index (κ2) is 6.35. The van der Waals surface area contributed by atoms with Crippen LogP contribution in [0.5, 0.6) is 11.5 Å². The zero-order valence-corrected chi connectivity index (χ0v) is 12.5. The minimum atomic E-state index is -0.304. The topological polar surface area (TPSA) is 89.6 Å². The molecule has 2 aromatic rings. The minimum Gasteiger partial charge on any atom is -0.486 e. The zero-order valence-electron chi connectivity index (χ0n) is 12.5. The standard InChI is InChI=1S/C16H15N3O4/c1-10(20)18-12-3-5-15(17-9-12)19-16(21)11-2-4-13-14(8-11)23-7-6-22-13/h2-5,8-9H,6-7H2,1H3,(H,18,20)(H,17,19,21). The summed E-state index contributed by atoms with van der Waals surface area (Å²) in [5.41, 5.74) is 1.01. The third-order valence-corrected chi connectivity index (χ3v) is 3.13. The van der Waals surface area contributed by atoms with E-state index in [1.807, 2.05) is 0 Å². The summed E-state index contributed by atoms with van der Waals surface area (Å²) in [5, 5.41) is 5.29. The van der Waals surface area contributed by atoms with Crippen molar-refractivity contribution in [3.8, 4) is 11.5 Å². The van der Waals surface area contributed by atoms with Gasteiger partial charge in [-0.05, 0) is 30.3 Å². The lowest BCUT2D eigenvalue weighted by Gasteiger charge is -2.18. The fourth-order valence-corrected chi connectivity index (χ4v) is 2.12. The SMILES string of the molecule is CC(=O)Nc1ccc(NC(=O)c2ccc3c(c2)OCCO3)nc1. The van der Waals surface area contributed by atoms with Crippen LogP contribution in [-0.2, 0) is 4.79 Å². The third-order valence-electron chi connectivity index (χ3n) is 3.13. The Morgan fingerprint density at radius 3 is 2.52 bits per heavy atom. The van der Waals surface area contributed by atoms with E-state index < -0.39 is 0 Å². The quantitative estimate of drug-likeness (QED) is 0.905. The van der Waals surface area contributed by atoms with Gasteiger partial charge in [0.1, 0.15) is 19.0 Å². The maximum Gasteiger partial charge on any atom is 0.256 e. The fraction of sp³-hybridized carbons (Fsp3) is 0.188. The van der Waals surface area contributed by atoms with Crippen molar-refractivity contribution in [3.63, 3.8) is 0 Å². The molecule has 0 radical (unpaired) electrons. The Hall–Kier alpha value is -3.09. The molecule has 0 aliphatic carbocycles. The van der Waals surface area contributed by atoms with E-state index in [2.05, 4.69) is 15.6 Å². The summed E-state index contributed by atoms with van der Waals surface area (Å²) >= 11 is 0. The van der Waals surface area contributed by atoms with Crippen LogP contribution < -0.4 is 20.1 Å². The highest BCUT2D eigenvalue weighted by Gasteiger charge is 2.15. The highest BCUT2D eigenvalue weighted by Crippen LogP contribution is 2.30. The number of aromatic nitrogens is 1. The van der Waals surface area contributed by atoms with Crippen LogP contribution in [0.3, 0.4) is 0 Å². The number of rotatable bonds is 3. The number of hydrogen-bond acceptors (Lipinski definition) is 5. The number of amides is 2. The van der Waals surface area contributed by atoms with Crippen molar-refractivity contribution in [1.29, 1.82) is 0 Å². The normalized spacial score (nSPS) is 12.4. The number of nitrogens with one attached hydrogen (secondary N) is 2. The lowest BCUT2D eigenvalue weighted by molar-refractivity contribution is -0.114. The van der Waals surface area contributed by atoms with Crippen molar-refractivity contribution in [2.45, 2.75) is 6.92 Å². The van der Waals surface area contributed by atoms with Gasteiger partial charge in [0.25, 0.3) is 5.91 Å². The molecule has 0 spiro atoms. The van der Waals surface area contributed by atoms with Gasteiger partial charge in [-0.25, -0.2) is 4.98 Å². The summed E-state index contributed by atoms with van der Waals surface area (Å²) < 4.78 is 10.9. The number of benzene rings is 1. The molecule has 1 aromatic carbocycles. The second-order valence-electron chi connectivity index (χ2n) is 4.93. The van der Waals surface area contributed by atoms with Crippen LogP contribution in [0.2, 0.25) is 0 Å². The molecule has 2 heterocycles. The Kier molecular flexibility index (Phi) is 4.09. The Morgan fingerprint density at radius 2 is 1.83 bits per heavy atom. The van der Waals surface area contributed by atoms with Crippen molar-refractivity contribution in [2.24, 2.45) is 0 Å². The highest BCUT2D eigenvalue weighted by molar-refractivity contribution is 6.04.